The van der Waals surface area contributed by atoms with Gasteiger partial charge in [0.15, 0.2) is 0 Å². The molecule has 0 radical (unpaired) electrons. The molecule has 1 aliphatic heterocycles. The van der Waals surface area contributed by atoms with Gasteiger partial charge in [0, 0.05) is 19.7 Å². The lowest BCUT2D eigenvalue weighted by Gasteiger charge is -2.19. The van der Waals surface area contributed by atoms with Crippen molar-refractivity contribution in [2.24, 2.45) is 0 Å². The molecule has 19 heavy (non-hydrogen) atoms. The van der Waals surface area contributed by atoms with Crippen molar-refractivity contribution in [3.05, 3.63) is 0 Å². The van der Waals surface area contributed by atoms with Crippen LogP contribution in [0.2, 0.25) is 0 Å². The average molecular weight is 271 g/mol. The van der Waals surface area contributed by atoms with E-state index in [1.165, 1.54) is 4.90 Å². The third-order valence-electron chi connectivity index (χ3n) is 2.80. The summed E-state index contributed by atoms with van der Waals surface area (Å²) in [6.07, 6.45) is 0.0425. The van der Waals surface area contributed by atoms with Gasteiger partial charge in [0.1, 0.15) is 6.04 Å². The van der Waals surface area contributed by atoms with Crippen molar-refractivity contribution in [1.82, 2.24) is 15.5 Å². The minimum absolute atomic E-state index is 0.0425. The normalized spacial score (nSPS) is 19.4. The number of ether oxygens (including phenoxy) is 1. The number of imide groups is 1. The summed E-state index contributed by atoms with van der Waals surface area (Å²) < 4.78 is 4.83. The van der Waals surface area contributed by atoms with Crippen LogP contribution in [0.1, 0.15) is 20.3 Å². The molecule has 1 rings (SSSR count). The van der Waals surface area contributed by atoms with E-state index in [1.54, 1.807) is 21.0 Å². The van der Waals surface area contributed by atoms with Crippen molar-refractivity contribution in [2.45, 2.75) is 32.4 Å². The average Bonchev–Trinajstić information content (AvgIpc) is 2.60. The highest BCUT2D eigenvalue weighted by Gasteiger charge is 2.40. The fraction of sp³-hybridized carbons (Fsp3) is 0.750. The zero-order valence-electron chi connectivity index (χ0n) is 11.6. The Labute approximate surface area is 112 Å². The van der Waals surface area contributed by atoms with Gasteiger partial charge in [-0.1, -0.05) is 0 Å². The Morgan fingerprint density at radius 1 is 1.47 bits per heavy atom. The number of carbonyl (C=O) groups excluding carboxylic acids is 3. The molecule has 0 bridgehead atoms. The van der Waals surface area contributed by atoms with E-state index in [2.05, 4.69) is 10.6 Å². The van der Waals surface area contributed by atoms with Crippen LogP contribution in [-0.2, 0) is 19.1 Å². The second kappa shape index (κ2) is 7.20. The Kier molecular flexibility index (Phi) is 5.91. The summed E-state index contributed by atoms with van der Waals surface area (Å²) >= 11 is 0. The fourth-order valence-electron chi connectivity index (χ4n) is 1.93. The molecule has 7 nitrogen and oxygen atoms in total. The molecule has 1 atom stereocenters. The highest BCUT2D eigenvalue weighted by molar-refractivity contribution is 6.07. The molecule has 2 N–H and O–H groups in total. The number of amides is 3. The number of nitrogens with one attached hydrogen (secondary N) is 2. The quantitative estimate of drug-likeness (QED) is 0.452. The van der Waals surface area contributed by atoms with Crippen molar-refractivity contribution >= 4 is 17.7 Å². The molecule has 7 heteroatoms. The van der Waals surface area contributed by atoms with E-state index >= 15 is 0 Å². The molecule has 1 heterocycles. The summed E-state index contributed by atoms with van der Waals surface area (Å²) in [7, 11) is 1.57. The van der Waals surface area contributed by atoms with Gasteiger partial charge in [-0.3, -0.25) is 19.3 Å². The van der Waals surface area contributed by atoms with Crippen LogP contribution in [0.3, 0.4) is 0 Å². The minimum Gasteiger partial charge on any atom is -0.383 e. The second-order valence-corrected chi connectivity index (χ2v) is 4.69. The van der Waals surface area contributed by atoms with Crippen molar-refractivity contribution in [3.8, 4) is 0 Å². The van der Waals surface area contributed by atoms with Gasteiger partial charge in [-0.05, 0) is 13.8 Å². The molecule has 1 saturated heterocycles. The van der Waals surface area contributed by atoms with E-state index < -0.39 is 6.04 Å². The van der Waals surface area contributed by atoms with Crippen LogP contribution in [0.4, 0.5) is 0 Å². The summed E-state index contributed by atoms with van der Waals surface area (Å²) in [5.74, 6) is -0.865. The predicted octanol–water partition coefficient (Wildman–Crippen LogP) is -1.13. The van der Waals surface area contributed by atoms with Crippen molar-refractivity contribution in [1.29, 1.82) is 0 Å². The Hall–Kier alpha value is -1.47. The van der Waals surface area contributed by atoms with Gasteiger partial charge in [0.2, 0.25) is 11.8 Å². The van der Waals surface area contributed by atoms with Gasteiger partial charge in [-0.25, -0.2) is 0 Å². The fourth-order valence-corrected chi connectivity index (χ4v) is 1.93. The van der Waals surface area contributed by atoms with Crippen LogP contribution in [0.25, 0.3) is 0 Å². The van der Waals surface area contributed by atoms with Crippen LogP contribution in [0.15, 0.2) is 0 Å². The number of nitrogens with zero attached hydrogens (tertiary/aromatic N) is 1. The molecule has 0 aromatic heterocycles. The van der Waals surface area contributed by atoms with Crippen LogP contribution >= 0.6 is 0 Å². The first-order chi connectivity index (χ1) is 8.97. The zero-order valence-corrected chi connectivity index (χ0v) is 11.6. The molecule has 1 unspecified atom stereocenters. The monoisotopic (exact) mass is 271 g/mol. The molecule has 1 aliphatic rings. The second-order valence-electron chi connectivity index (χ2n) is 4.69. The van der Waals surface area contributed by atoms with E-state index in [4.69, 9.17) is 4.74 Å². The molecular formula is C12H21N3O4. The maximum Gasteiger partial charge on any atom is 0.252 e. The maximum atomic E-state index is 11.9. The van der Waals surface area contributed by atoms with Gasteiger partial charge in [-0.2, -0.15) is 0 Å². The molecule has 0 spiro atoms. The van der Waals surface area contributed by atoms with E-state index in [-0.39, 0.29) is 36.7 Å². The summed E-state index contributed by atoms with van der Waals surface area (Å²) in [6.45, 7) is 4.70. The predicted molar refractivity (Wildman–Crippen MR) is 68.3 cm³/mol. The topological polar surface area (TPSA) is 87.7 Å². The third kappa shape index (κ3) is 4.29. The lowest BCUT2D eigenvalue weighted by Crippen LogP contribution is -2.46. The number of likely N-dealkylation sites (tertiary alicyclic amines) is 1. The first-order valence-corrected chi connectivity index (χ1v) is 6.32. The number of rotatable bonds is 7. The minimum atomic E-state index is -0.730. The van der Waals surface area contributed by atoms with Crippen molar-refractivity contribution in [3.63, 3.8) is 0 Å². The lowest BCUT2D eigenvalue weighted by atomic mass is 10.2. The lowest BCUT2D eigenvalue weighted by molar-refractivity contribution is -0.141. The van der Waals surface area contributed by atoms with Crippen LogP contribution in [0.5, 0.6) is 0 Å². The highest BCUT2D eigenvalue weighted by Crippen LogP contribution is 2.15. The summed E-state index contributed by atoms with van der Waals surface area (Å²) in [5.41, 5.74) is 0. The largest absolute Gasteiger partial charge is 0.383 e. The number of hydrogen-bond donors (Lipinski definition) is 2. The smallest absolute Gasteiger partial charge is 0.252 e. The summed E-state index contributed by atoms with van der Waals surface area (Å²) in [6, 6.07) is -0.909. The van der Waals surface area contributed by atoms with Gasteiger partial charge in [0.05, 0.1) is 19.6 Å². The van der Waals surface area contributed by atoms with Crippen LogP contribution in [-0.4, -0.2) is 61.5 Å². The van der Waals surface area contributed by atoms with Crippen molar-refractivity contribution in [2.75, 3.05) is 26.8 Å². The van der Waals surface area contributed by atoms with Crippen LogP contribution < -0.4 is 10.6 Å². The molecule has 0 saturated carbocycles. The molecule has 108 valence electrons. The number of hydrogen-bond acceptors (Lipinski definition) is 5. The third-order valence-corrected chi connectivity index (χ3v) is 2.80. The standard InChI is InChI=1S/C12H21N3O4/c1-8(2)15-11(17)6-9(12(15)18)14-10(16)7-13-4-5-19-3/h8-9,13H,4-7H2,1-3H3,(H,14,16). The zero-order chi connectivity index (χ0) is 14.4. The van der Waals surface area contributed by atoms with Crippen molar-refractivity contribution < 1.29 is 19.1 Å². The van der Waals surface area contributed by atoms with E-state index in [1.807, 2.05) is 0 Å². The van der Waals surface area contributed by atoms with Gasteiger partial charge in [0.25, 0.3) is 5.91 Å². The molecule has 0 aromatic rings. The number of methoxy groups -OCH3 is 1. The molecular weight excluding hydrogens is 250 g/mol. The maximum absolute atomic E-state index is 11.9. The Morgan fingerprint density at radius 3 is 2.68 bits per heavy atom. The van der Waals surface area contributed by atoms with E-state index in [0.29, 0.717) is 13.2 Å². The first kappa shape index (κ1) is 15.6. The Bertz CT molecular complexity index is 357. The molecule has 3 amide bonds. The summed E-state index contributed by atoms with van der Waals surface area (Å²) in [4.78, 5) is 36.4. The molecule has 0 aliphatic carbocycles. The Morgan fingerprint density at radius 2 is 2.16 bits per heavy atom. The van der Waals surface area contributed by atoms with Gasteiger partial charge < -0.3 is 15.4 Å². The first-order valence-electron chi connectivity index (χ1n) is 6.32. The summed E-state index contributed by atoms with van der Waals surface area (Å²) in [5, 5.41) is 5.44. The number of carbonyl (C=O) groups is 3. The van der Waals surface area contributed by atoms with Crippen LogP contribution in [0, 0.1) is 0 Å². The van der Waals surface area contributed by atoms with E-state index in [9.17, 15) is 14.4 Å². The highest BCUT2D eigenvalue weighted by atomic mass is 16.5. The SMILES string of the molecule is COCCNCC(=O)NC1CC(=O)N(C(C)C)C1=O. The van der Waals surface area contributed by atoms with E-state index in [0.717, 1.165) is 0 Å². The molecule has 1 fully saturated rings. The van der Waals surface area contributed by atoms with Gasteiger partial charge in [-0.15, -0.1) is 0 Å². The van der Waals surface area contributed by atoms with Gasteiger partial charge >= 0.3 is 0 Å². The Balaban J connectivity index is 2.39. The molecule has 0 aromatic carbocycles.